The topological polar surface area (TPSA) is 112 Å². The van der Waals surface area contributed by atoms with Gasteiger partial charge in [0.1, 0.15) is 18.2 Å². The first kappa shape index (κ1) is 17.7. The lowest BCUT2D eigenvalue weighted by molar-refractivity contribution is -0.338. The first-order valence-corrected chi connectivity index (χ1v) is 7.85. The third kappa shape index (κ3) is 3.76. The van der Waals surface area contributed by atoms with Crippen LogP contribution in [0.5, 0.6) is 0 Å². The van der Waals surface area contributed by atoms with Crippen molar-refractivity contribution in [3.63, 3.8) is 0 Å². The van der Waals surface area contributed by atoms with Crippen LogP contribution in [0.1, 0.15) is 18.8 Å². The highest BCUT2D eigenvalue weighted by molar-refractivity contribution is 5.66. The van der Waals surface area contributed by atoms with Crippen molar-refractivity contribution in [3.05, 3.63) is 46.3 Å². The van der Waals surface area contributed by atoms with Gasteiger partial charge in [-0.3, -0.25) is 4.79 Å². The predicted octanol–water partition coefficient (Wildman–Crippen LogP) is 2.08. The average molecular weight is 349 g/mol. The number of nitrogens with zero attached hydrogens (tertiary/aromatic N) is 3. The number of fused-ring (bicyclic) bond motifs is 1. The Balaban J connectivity index is 1.86. The van der Waals surface area contributed by atoms with Crippen molar-refractivity contribution in [1.29, 1.82) is 0 Å². The van der Waals surface area contributed by atoms with Crippen molar-refractivity contribution in [2.24, 2.45) is 5.11 Å². The number of esters is 1. The summed E-state index contributed by atoms with van der Waals surface area (Å²) < 4.78 is 28.0. The molecule has 2 saturated heterocycles. The normalized spacial score (nSPS) is 34.5. The summed E-state index contributed by atoms with van der Waals surface area (Å²) in [7, 11) is 1.42. The molecule has 2 heterocycles. The number of hydrogen-bond donors (Lipinski definition) is 0. The maximum Gasteiger partial charge on any atom is 0.303 e. The standard InChI is InChI=1S/C16H19N3O6/c1-9(20)23-14-12(18-19-17)13-11(24-16(14)21-2)8-22-15(25-13)10-6-4-3-5-7-10/h3-7,11-16H,8H2,1-2H3/t11-,12+,13+,14-,15-,16-/m1/s1. The van der Waals surface area contributed by atoms with E-state index < -0.39 is 42.9 Å². The Hall–Kier alpha value is -2.16. The van der Waals surface area contributed by atoms with Gasteiger partial charge in [0.2, 0.25) is 0 Å². The summed E-state index contributed by atoms with van der Waals surface area (Å²) in [6.45, 7) is 1.50. The Morgan fingerprint density at radius 2 is 2.08 bits per heavy atom. The molecule has 1 aromatic rings. The second-order valence-corrected chi connectivity index (χ2v) is 5.72. The van der Waals surface area contributed by atoms with Crippen molar-refractivity contribution in [2.75, 3.05) is 13.7 Å². The van der Waals surface area contributed by atoms with Gasteiger partial charge < -0.3 is 23.7 Å². The predicted molar refractivity (Wildman–Crippen MR) is 84.2 cm³/mol. The molecule has 1 aromatic carbocycles. The van der Waals surface area contributed by atoms with Crippen molar-refractivity contribution >= 4 is 5.97 Å². The van der Waals surface area contributed by atoms with Gasteiger partial charge in [-0.15, -0.1) is 0 Å². The second-order valence-electron chi connectivity index (χ2n) is 5.72. The molecule has 0 aliphatic carbocycles. The monoisotopic (exact) mass is 349 g/mol. The van der Waals surface area contributed by atoms with E-state index in [1.807, 2.05) is 30.3 Å². The summed E-state index contributed by atoms with van der Waals surface area (Å²) >= 11 is 0. The number of rotatable bonds is 4. The molecule has 9 heteroatoms. The molecule has 2 aliphatic heterocycles. The molecule has 0 spiro atoms. The number of benzene rings is 1. The zero-order valence-electron chi connectivity index (χ0n) is 13.8. The summed E-state index contributed by atoms with van der Waals surface area (Å²) in [5.41, 5.74) is 9.78. The van der Waals surface area contributed by atoms with Crippen LogP contribution in [-0.2, 0) is 28.5 Å². The Morgan fingerprint density at radius 3 is 2.72 bits per heavy atom. The van der Waals surface area contributed by atoms with Gasteiger partial charge in [0.25, 0.3) is 0 Å². The fourth-order valence-corrected chi connectivity index (χ4v) is 3.04. The summed E-state index contributed by atoms with van der Waals surface area (Å²) in [5.74, 6) is -0.529. The summed E-state index contributed by atoms with van der Waals surface area (Å²) in [6, 6.07) is 8.59. The minimum Gasteiger partial charge on any atom is -0.457 e. The molecule has 0 unspecified atom stereocenters. The van der Waals surface area contributed by atoms with Gasteiger partial charge in [-0.25, -0.2) is 0 Å². The molecule has 25 heavy (non-hydrogen) atoms. The van der Waals surface area contributed by atoms with Crippen LogP contribution in [0.15, 0.2) is 35.4 Å². The molecule has 2 fully saturated rings. The fraction of sp³-hybridized carbons (Fsp3) is 0.562. The molecule has 134 valence electrons. The van der Waals surface area contributed by atoms with E-state index in [0.717, 1.165) is 5.56 Å². The van der Waals surface area contributed by atoms with Gasteiger partial charge in [0, 0.05) is 24.5 Å². The molecule has 0 N–H and O–H groups in total. The van der Waals surface area contributed by atoms with E-state index in [1.54, 1.807) is 0 Å². The lowest BCUT2D eigenvalue weighted by Crippen LogP contribution is -2.62. The van der Waals surface area contributed by atoms with E-state index in [-0.39, 0.29) is 6.61 Å². The van der Waals surface area contributed by atoms with Crippen LogP contribution in [0.3, 0.4) is 0 Å². The fourth-order valence-electron chi connectivity index (χ4n) is 3.04. The minimum absolute atomic E-state index is 0.230. The minimum atomic E-state index is -0.908. The molecule has 0 amide bonds. The first-order valence-electron chi connectivity index (χ1n) is 7.85. The molecule has 0 radical (unpaired) electrons. The Kier molecular flexibility index (Phi) is 5.52. The number of hydrogen-bond acceptors (Lipinski definition) is 7. The number of carbonyl (C=O) groups is 1. The lowest BCUT2D eigenvalue weighted by Gasteiger charge is -2.47. The van der Waals surface area contributed by atoms with Gasteiger partial charge in [-0.1, -0.05) is 35.4 Å². The zero-order valence-corrected chi connectivity index (χ0v) is 13.8. The van der Waals surface area contributed by atoms with Gasteiger partial charge in [-0.2, -0.15) is 0 Å². The third-order valence-corrected chi connectivity index (χ3v) is 4.10. The van der Waals surface area contributed by atoms with Crippen LogP contribution >= 0.6 is 0 Å². The van der Waals surface area contributed by atoms with Gasteiger partial charge in [0.15, 0.2) is 18.7 Å². The van der Waals surface area contributed by atoms with Crippen molar-refractivity contribution in [1.82, 2.24) is 0 Å². The molecule has 3 rings (SSSR count). The number of methoxy groups -OCH3 is 1. The molecular formula is C16H19N3O6. The van der Waals surface area contributed by atoms with E-state index in [2.05, 4.69) is 10.0 Å². The van der Waals surface area contributed by atoms with E-state index in [4.69, 9.17) is 29.2 Å². The maximum atomic E-state index is 11.4. The van der Waals surface area contributed by atoms with Crippen molar-refractivity contribution < 1.29 is 28.5 Å². The summed E-state index contributed by atoms with van der Waals surface area (Å²) in [5, 5.41) is 3.79. The average Bonchev–Trinajstić information content (AvgIpc) is 2.63. The van der Waals surface area contributed by atoms with Crippen LogP contribution in [0.2, 0.25) is 0 Å². The maximum absolute atomic E-state index is 11.4. The van der Waals surface area contributed by atoms with Crippen molar-refractivity contribution in [3.8, 4) is 0 Å². The SMILES string of the molecule is CO[C@@H]1O[C@@H]2CO[C@@H](c3ccccc3)O[C@@H]2[C@H](N=[N+]=[N-])[C@H]1OC(C)=O. The largest absolute Gasteiger partial charge is 0.457 e. The molecule has 2 aliphatic rings. The smallest absolute Gasteiger partial charge is 0.303 e. The van der Waals surface area contributed by atoms with Crippen LogP contribution in [-0.4, -0.2) is 50.3 Å². The Labute approximate surface area is 144 Å². The Bertz CT molecular complexity index is 651. The van der Waals surface area contributed by atoms with Crippen LogP contribution in [0.25, 0.3) is 10.4 Å². The Morgan fingerprint density at radius 1 is 1.32 bits per heavy atom. The number of ether oxygens (including phenoxy) is 5. The molecule has 0 bridgehead atoms. The van der Waals surface area contributed by atoms with E-state index in [0.29, 0.717) is 0 Å². The van der Waals surface area contributed by atoms with Crippen LogP contribution in [0, 0.1) is 0 Å². The summed E-state index contributed by atoms with van der Waals surface area (Å²) in [4.78, 5) is 14.3. The zero-order chi connectivity index (χ0) is 17.8. The summed E-state index contributed by atoms with van der Waals surface area (Å²) in [6.07, 6.45) is -3.55. The second kappa shape index (κ2) is 7.81. The quantitative estimate of drug-likeness (QED) is 0.356. The molecule has 0 saturated carbocycles. The molecule has 6 atom stereocenters. The lowest BCUT2D eigenvalue weighted by atomic mass is 9.95. The van der Waals surface area contributed by atoms with E-state index >= 15 is 0 Å². The first-order chi connectivity index (χ1) is 12.1. The van der Waals surface area contributed by atoms with Gasteiger partial charge in [-0.05, 0) is 5.53 Å². The highest BCUT2D eigenvalue weighted by Gasteiger charge is 2.51. The van der Waals surface area contributed by atoms with Gasteiger partial charge >= 0.3 is 5.97 Å². The van der Waals surface area contributed by atoms with Crippen LogP contribution in [0.4, 0.5) is 0 Å². The van der Waals surface area contributed by atoms with Gasteiger partial charge in [0.05, 0.1) is 6.61 Å². The number of carbonyl (C=O) groups excluding carboxylic acids is 1. The molecular weight excluding hydrogens is 330 g/mol. The third-order valence-electron chi connectivity index (χ3n) is 4.10. The van der Waals surface area contributed by atoms with E-state index in [1.165, 1.54) is 14.0 Å². The van der Waals surface area contributed by atoms with E-state index in [9.17, 15) is 4.79 Å². The van der Waals surface area contributed by atoms with Crippen LogP contribution < -0.4 is 0 Å². The molecule has 9 nitrogen and oxygen atoms in total. The molecule has 0 aromatic heterocycles. The highest BCUT2D eigenvalue weighted by Crippen LogP contribution is 2.36. The number of azide groups is 1. The van der Waals surface area contributed by atoms with Crippen molar-refractivity contribution in [2.45, 2.75) is 43.9 Å². The highest BCUT2D eigenvalue weighted by atomic mass is 16.8.